The van der Waals surface area contributed by atoms with Crippen LogP contribution in [0.2, 0.25) is 0 Å². The predicted molar refractivity (Wildman–Crippen MR) is 132 cm³/mol. The molecule has 3 rings (SSSR count). The summed E-state index contributed by atoms with van der Waals surface area (Å²) in [5.41, 5.74) is 4.50. The van der Waals surface area contributed by atoms with E-state index in [1.807, 2.05) is 36.4 Å². The third kappa shape index (κ3) is 7.55. The smallest absolute Gasteiger partial charge is 0.407 e. The maximum absolute atomic E-state index is 12.7. The van der Waals surface area contributed by atoms with Crippen molar-refractivity contribution >= 4 is 18.0 Å². The van der Waals surface area contributed by atoms with Crippen molar-refractivity contribution < 1.29 is 29.0 Å². The van der Waals surface area contributed by atoms with Crippen molar-refractivity contribution in [3.8, 4) is 11.1 Å². The molecule has 1 aliphatic carbocycles. The molecular weight excluding hydrogens is 448 g/mol. The molecule has 2 amide bonds. The van der Waals surface area contributed by atoms with E-state index in [9.17, 15) is 14.4 Å². The average Bonchev–Trinajstić information content (AvgIpc) is 3.13. The first-order chi connectivity index (χ1) is 16.7. The summed E-state index contributed by atoms with van der Waals surface area (Å²) in [4.78, 5) is 36.0. The van der Waals surface area contributed by atoms with Crippen LogP contribution >= 0.6 is 0 Å². The van der Waals surface area contributed by atoms with Gasteiger partial charge in [0.2, 0.25) is 5.91 Å². The topological polar surface area (TPSA) is 114 Å². The molecule has 2 aromatic rings. The second-order valence-electron chi connectivity index (χ2n) is 9.86. The Kier molecular flexibility index (Phi) is 8.87. The van der Waals surface area contributed by atoms with E-state index >= 15 is 0 Å². The van der Waals surface area contributed by atoms with Crippen LogP contribution in [0.25, 0.3) is 11.1 Å². The van der Waals surface area contributed by atoms with Gasteiger partial charge in [0.25, 0.3) is 0 Å². The summed E-state index contributed by atoms with van der Waals surface area (Å²) >= 11 is 0. The van der Waals surface area contributed by atoms with Gasteiger partial charge in [0, 0.05) is 12.5 Å². The number of carboxylic acids is 1. The van der Waals surface area contributed by atoms with Crippen molar-refractivity contribution in [2.45, 2.75) is 45.6 Å². The van der Waals surface area contributed by atoms with Gasteiger partial charge < -0.3 is 25.2 Å². The van der Waals surface area contributed by atoms with Crippen LogP contribution in [0.3, 0.4) is 0 Å². The number of carboxylic acid groups (broad SMARTS) is 1. The molecule has 0 fully saturated rings. The van der Waals surface area contributed by atoms with Crippen molar-refractivity contribution in [1.29, 1.82) is 0 Å². The van der Waals surface area contributed by atoms with E-state index in [2.05, 4.69) is 43.5 Å². The summed E-state index contributed by atoms with van der Waals surface area (Å²) in [7, 11) is 0. The van der Waals surface area contributed by atoms with Gasteiger partial charge in [-0.3, -0.25) is 4.79 Å². The highest BCUT2D eigenvalue weighted by Gasteiger charge is 2.30. The minimum absolute atomic E-state index is 0.0218. The van der Waals surface area contributed by atoms with Gasteiger partial charge in [0.15, 0.2) is 0 Å². The fourth-order valence-corrected chi connectivity index (χ4v) is 4.16. The van der Waals surface area contributed by atoms with E-state index in [0.717, 1.165) is 22.3 Å². The number of amides is 2. The zero-order valence-electron chi connectivity index (χ0n) is 20.5. The monoisotopic (exact) mass is 482 g/mol. The van der Waals surface area contributed by atoms with Gasteiger partial charge in [-0.1, -0.05) is 69.3 Å². The van der Waals surface area contributed by atoms with Gasteiger partial charge in [-0.05, 0) is 40.5 Å². The second kappa shape index (κ2) is 11.8. The summed E-state index contributed by atoms with van der Waals surface area (Å²) in [5.74, 6) is -1.50. The molecule has 8 nitrogen and oxygen atoms in total. The Morgan fingerprint density at radius 2 is 1.60 bits per heavy atom. The standard InChI is InChI=1S/C27H34N2O6/c1-27(2,3)13-12-23(25(32)28-14-15-34-17-24(30)31)29-26(33)35-16-22-20-10-6-4-8-18(20)19-9-5-7-11-21(19)22/h4-11,22-23H,12-17H2,1-3H3,(H,28,32)(H,29,33)(H,30,31). The van der Waals surface area contributed by atoms with Crippen molar-refractivity contribution in [3.63, 3.8) is 0 Å². The van der Waals surface area contributed by atoms with E-state index in [1.165, 1.54) is 0 Å². The lowest BCUT2D eigenvalue weighted by molar-refractivity contribution is -0.142. The number of hydrogen-bond acceptors (Lipinski definition) is 5. The summed E-state index contributed by atoms with van der Waals surface area (Å²) < 4.78 is 10.5. The number of hydrogen-bond donors (Lipinski definition) is 3. The third-order valence-electron chi connectivity index (χ3n) is 5.91. The first kappa shape index (κ1) is 26.2. The minimum Gasteiger partial charge on any atom is -0.480 e. The molecule has 1 atom stereocenters. The van der Waals surface area contributed by atoms with Gasteiger partial charge in [0.1, 0.15) is 19.3 Å². The zero-order valence-corrected chi connectivity index (χ0v) is 20.5. The highest BCUT2D eigenvalue weighted by Crippen LogP contribution is 2.44. The van der Waals surface area contributed by atoms with Crippen LogP contribution in [0.5, 0.6) is 0 Å². The Morgan fingerprint density at radius 3 is 2.17 bits per heavy atom. The Labute approximate surface area is 206 Å². The molecule has 0 aromatic heterocycles. The van der Waals surface area contributed by atoms with E-state index in [0.29, 0.717) is 12.8 Å². The maximum atomic E-state index is 12.7. The molecule has 0 spiro atoms. The molecule has 188 valence electrons. The lowest BCUT2D eigenvalue weighted by Crippen LogP contribution is -2.48. The van der Waals surface area contributed by atoms with Gasteiger partial charge in [0.05, 0.1) is 6.61 Å². The molecule has 0 aliphatic heterocycles. The number of carbonyl (C=O) groups excluding carboxylic acids is 2. The van der Waals surface area contributed by atoms with Crippen molar-refractivity contribution in [2.75, 3.05) is 26.4 Å². The van der Waals surface area contributed by atoms with Gasteiger partial charge >= 0.3 is 12.1 Å². The summed E-state index contributed by atoms with van der Waals surface area (Å²) in [5, 5.41) is 14.0. The first-order valence-electron chi connectivity index (χ1n) is 11.8. The molecule has 1 unspecified atom stereocenters. The van der Waals surface area contributed by atoms with Gasteiger partial charge in [-0.2, -0.15) is 0 Å². The van der Waals surface area contributed by atoms with E-state index in [4.69, 9.17) is 14.6 Å². The van der Waals surface area contributed by atoms with Crippen molar-refractivity contribution in [1.82, 2.24) is 10.6 Å². The molecule has 0 heterocycles. The highest BCUT2D eigenvalue weighted by atomic mass is 16.5. The lowest BCUT2D eigenvalue weighted by Gasteiger charge is -2.24. The molecule has 0 saturated heterocycles. The van der Waals surface area contributed by atoms with Crippen LogP contribution in [0.4, 0.5) is 4.79 Å². The summed E-state index contributed by atoms with van der Waals surface area (Å²) in [6.07, 6.45) is 0.503. The Bertz CT molecular complexity index is 1000. The number of rotatable bonds is 11. The van der Waals surface area contributed by atoms with Crippen LogP contribution < -0.4 is 10.6 Å². The molecular formula is C27H34N2O6. The molecule has 2 aromatic carbocycles. The van der Waals surface area contributed by atoms with Crippen LogP contribution in [0.1, 0.15) is 50.7 Å². The van der Waals surface area contributed by atoms with Crippen LogP contribution in [0, 0.1) is 5.41 Å². The predicted octanol–water partition coefficient (Wildman–Crippen LogP) is 3.94. The molecule has 0 saturated carbocycles. The average molecular weight is 483 g/mol. The minimum atomic E-state index is -1.07. The maximum Gasteiger partial charge on any atom is 0.407 e. The van der Waals surface area contributed by atoms with Gasteiger partial charge in [-0.15, -0.1) is 0 Å². The number of carbonyl (C=O) groups is 3. The summed E-state index contributed by atoms with van der Waals surface area (Å²) in [6, 6.07) is 15.4. The number of benzene rings is 2. The van der Waals surface area contributed by atoms with E-state index in [1.54, 1.807) is 0 Å². The quantitative estimate of drug-likeness (QED) is 0.418. The molecule has 0 radical (unpaired) electrons. The second-order valence-corrected chi connectivity index (χ2v) is 9.86. The molecule has 35 heavy (non-hydrogen) atoms. The lowest BCUT2D eigenvalue weighted by atomic mass is 9.88. The zero-order chi connectivity index (χ0) is 25.4. The Balaban J connectivity index is 1.59. The first-order valence-corrected chi connectivity index (χ1v) is 11.8. The third-order valence-corrected chi connectivity index (χ3v) is 5.91. The Hall–Kier alpha value is -3.39. The number of nitrogens with one attached hydrogen (secondary N) is 2. The fraction of sp³-hybridized carbons (Fsp3) is 0.444. The van der Waals surface area contributed by atoms with Crippen LogP contribution in [-0.2, 0) is 19.1 Å². The normalized spacial score (nSPS) is 13.5. The number of alkyl carbamates (subject to hydrolysis) is 1. The Morgan fingerprint density at radius 1 is 1.00 bits per heavy atom. The number of aliphatic carboxylic acids is 1. The largest absolute Gasteiger partial charge is 0.480 e. The molecule has 0 bridgehead atoms. The summed E-state index contributed by atoms with van der Waals surface area (Å²) in [6.45, 7) is 6.14. The molecule has 8 heteroatoms. The van der Waals surface area contributed by atoms with Crippen molar-refractivity contribution in [3.05, 3.63) is 59.7 Å². The molecule has 3 N–H and O–H groups in total. The van der Waals surface area contributed by atoms with E-state index in [-0.39, 0.29) is 37.0 Å². The molecule has 1 aliphatic rings. The van der Waals surface area contributed by atoms with Crippen LogP contribution in [0.15, 0.2) is 48.5 Å². The number of fused-ring (bicyclic) bond motifs is 3. The van der Waals surface area contributed by atoms with Crippen molar-refractivity contribution in [2.24, 2.45) is 5.41 Å². The van der Waals surface area contributed by atoms with Gasteiger partial charge in [-0.25, -0.2) is 9.59 Å². The number of ether oxygens (including phenoxy) is 2. The fourth-order valence-electron chi connectivity index (χ4n) is 4.16. The highest BCUT2D eigenvalue weighted by molar-refractivity contribution is 5.85. The van der Waals surface area contributed by atoms with E-state index < -0.39 is 24.7 Å². The van der Waals surface area contributed by atoms with Crippen LogP contribution in [-0.4, -0.2) is 55.5 Å². The SMILES string of the molecule is CC(C)(C)CCC(NC(=O)OCC1c2ccccc2-c2ccccc21)C(=O)NCCOCC(=O)O.